The van der Waals surface area contributed by atoms with Crippen LogP contribution < -0.4 is 0 Å². The van der Waals surface area contributed by atoms with Gasteiger partial charge in [0.15, 0.2) is 0 Å². The molecular weight excluding hydrogens is 337 g/mol. The average molecular weight is 363 g/mol. The normalized spacial score (nSPS) is 26.6. The zero-order chi connectivity index (χ0) is 12.8. The molecule has 1 saturated carbocycles. The molecule has 2 fully saturated rings. The first-order valence-corrected chi connectivity index (χ1v) is 9.16. The van der Waals surface area contributed by atoms with Crippen LogP contribution in [-0.2, 0) is 4.79 Å². The Labute approximate surface area is 125 Å². The lowest BCUT2D eigenvalue weighted by Gasteiger charge is -2.33. The number of piperidine rings is 1. The fraction of sp³-hybridized carbons (Fsp3) is 0.933. The van der Waals surface area contributed by atoms with Crippen LogP contribution in [0, 0.1) is 11.8 Å². The van der Waals surface area contributed by atoms with Crippen LogP contribution in [0.4, 0.5) is 0 Å². The number of carbonyl (C=O) groups excluding carboxylic acids is 1. The largest absolute Gasteiger partial charge is 0.343 e. The molecule has 1 unspecified atom stereocenters. The SMILES string of the molecule is O=C1CC(CCI)CCN1CCC1CCCCC1. The number of hydrogen-bond donors (Lipinski definition) is 0. The van der Waals surface area contributed by atoms with Gasteiger partial charge in [0.2, 0.25) is 5.91 Å². The fourth-order valence-electron chi connectivity index (χ4n) is 3.39. The summed E-state index contributed by atoms with van der Waals surface area (Å²) in [5.41, 5.74) is 0. The summed E-state index contributed by atoms with van der Waals surface area (Å²) in [6, 6.07) is 0. The van der Waals surface area contributed by atoms with Crippen LogP contribution in [0.25, 0.3) is 0 Å². The molecule has 0 aromatic heterocycles. The summed E-state index contributed by atoms with van der Waals surface area (Å²) in [4.78, 5) is 14.2. The van der Waals surface area contributed by atoms with Gasteiger partial charge in [-0.3, -0.25) is 4.79 Å². The first-order chi connectivity index (χ1) is 8.79. The molecule has 1 saturated heterocycles. The lowest BCUT2D eigenvalue weighted by Crippen LogP contribution is -2.40. The maximum Gasteiger partial charge on any atom is 0.222 e. The highest BCUT2D eigenvalue weighted by Gasteiger charge is 2.25. The number of carbonyl (C=O) groups is 1. The van der Waals surface area contributed by atoms with Crippen LogP contribution in [0.15, 0.2) is 0 Å². The van der Waals surface area contributed by atoms with Gasteiger partial charge in [0, 0.05) is 19.5 Å². The van der Waals surface area contributed by atoms with E-state index in [1.165, 1.54) is 55.8 Å². The first-order valence-electron chi connectivity index (χ1n) is 7.63. The molecule has 0 spiro atoms. The van der Waals surface area contributed by atoms with Gasteiger partial charge in [-0.2, -0.15) is 0 Å². The molecule has 0 N–H and O–H groups in total. The number of hydrogen-bond acceptors (Lipinski definition) is 1. The molecule has 104 valence electrons. The van der Waals surface area contributed by atoms with E-state index in [2.05, 4.69) is 27.5 Å². The van der Waals surface area contributed by atoms with E-state index >= 15 is 0 Å². The highest BCUT2D eigenvalue weighted by Crippen LogP contribution is 2.28. The van der Waals surface area contributed by atoms with Crippen LogP contribution in [0.5, 0.6) is 0 Å². The van der Waals surface area contributed by atoms with Gasteiger partial charge in [-0.25, -0.2) is 0 Å². The zero-order valence-corrected chi connectivity index (χ0v) is 13.5. The van der Waals surface area contributed by atoms with Crippen molar-refractivity contribution in [1.82, 2.24) is 4.90 Å². The molecule has 1 atom stereocenters. The summed E-state index contributed by atoms with van der Waals surface area (Å²) >= 11 is 2.42. The summed E-state index contributed by atoms with van der Waals surface area (Å²) in [6.45, 7) is 2.05. The maximum atomic E-state index is 12.1. The van der Waals surface area contributed by atoms with Crippen molar-refractivity contribution in [1.29, 1.82) is 0 Å². The van der Waals surface area contributed by atoms with Gasteiger partial charge in [0.25, 0.3) is 0 Å². The standard InChI is InChI=1S/C15H26INO/c16-9-6-14-8-11-17(15(18)12-14)10-7-13-4-2-1-3-5-13/h13-14H,1-12H2. The minimum Gasteiger partial charge on any atom is -0.343 e. The smallest absolute Gasteiger partial charge is 0.222 e. The van der Waals surface area contributed by atoms with Crippen molar-refractivity contribution in [2.24, 2.45) is 11.8 Å². The summed E-state index contributed by atoms with van der Waals surface area (Å²) in [5.74, 6) is 1.99. The van der Waals surface area contributed by atoms with Crippen LogP contribution in [0.3, 0.4) is 0 Å². The summed E-state index contributed by atoms with van der Waals surface area (Å²) in [6.07, 6.45) is 11.6. The molecule has 1 aliphatic heterocycles. The Morgan fingerprint density at radius 3 is 2.50 bits per heavy atom. The molecule has 1 heterocycles. The lowest BCUT2D eigenvalue weighted by molar-refractivity contribution is -0.135. The van der Waals surface area contributed by atoms with Crippen LogP contribution >= 0.6 is 22.6 Å². The van der Waals surface area contributed by atoms with E-state index in [0.717, 1.165) is 25.4 Å². The van der Waals surface area contributed by atoms with Gasteiger partial charge in [-0.05, 0) is 35.5 Å². The van der Waals surface area contributed by atoms with Crippen LogP contribution in [-0.4, -0.2) is 28.3 Å². The number of nitrogens with zero attached hydrogens (tertiary/aromatic N) is 1. The Hall–Kier alpha value is 0.200. The second-order valence-corrected chi connectivity index (χ2v) is 7.09. The van der Waals surface area contributed by atoms with Crippen molar-refractivity contribution in [2.75, 3.05) is 17.5 Å². The Bertz CT molecular complexity index is 263. The Morgan fingerprint density at radius 1 is 1.06 bits per heavy atom. The van der Waals surface area contributed by atoms with Crippen LogP contribution in [0.1, 0.15) is 57.8 Å². The van der Waals surface area contributed by atoms with Crippen LogP contribution in [0.2, 0.25) is 0 Å². The number of rotatable bonds is 5. The summed E-state index contributed by atoms with van der Waals surface area (Å²) < 4.78 is 1.19. The second kappa shape index (κ2) is 7.71. The summed E-state index contributed by atoms with van der Waals surface area (Å²) in [5, 5.41) is 0. The van der Waals surface area contributed by atoms with E-state index in [4.69, 9.17) is 0 Å². The quantitative estimate of drug-likeness (QED) is 0.534. The fourth-order valence-corrected chi connectivity index (χ4v) is 4.27. The second-order valence-electron chi connectivity index (χ2n) is 6.01. The number of halogens is 1. The maximum absolute atomic E-state index is 12.1. The van der Waals surface area contributed by atoms with E-state index in [-0.39, 0.29) is 0 Å². The molecule has 1 amide bonds. The topological polar surface area (TPSA) is 20.3 Å². The van der Waals surface area contributed by atoms with E-state index in [1.54, 1.807) is 0 Å². The minimum absolute atomic E-state index is 0.423. The third kappa shape index (κ3) is 4.39. The molecule has 3 heteroatoms. The van der Waals surface area contributed by atoms with E-state index in [0.29, 0.717) is 11.8 Å². The van der Waals surface area contributed by atoms with Crippen molar-refractivity contribution in [3.63, 3.8) is 0 Å². The monoisotopic (exact) mass is 363 g/mol. The van der Waals surface area contributed by atoms with Crippen molar-refractivity contribution in [2.45, 2.75) is 57.8 Å². The van der Waals surface area contributed by atoms with Gasteiger partial charge in [0.05, 0.1) is 0 Å². The van der Waals surface area contributed by atoms with Crippen molar-refractivity contribution >= 4 is 28.5 Å². The Kier molecular flexibility index (Phi) is 6.25. The Balaban J connectivity index is 1.68. The Morgan fingerprint density at radius 2 is 1.83 bits per heavy atom. The molecule has 2 rings (SSSR count). The molecule has 0 aromatic carbocycles. The lowest BCUT2D eigenvalue weighted by atomic mass is 9.86. The van der Waals surface area contributed by atoms with Gasteiger partial charge in [-0.15, -0.1) is 0 Å². The summed E-state index contributed by atoms with van der Waals surface area (Å²) in [7, 11) is 0. The number of likely N-dealkylation sites (tertiary alicyclic amines) is 1. The first kappa shape index (κ1) is 14.6. The molecule has 0 radical (unpaired) electrons. The highest BCUT2D eigenvalue weighted by atomic mass is 127. The van der Waals surface area contributed by atoms with Gasteiger partial charge in [0.1, 0.15) is 0 Å². The molecule has 2 nitrogen and oxygen atoms in total. The minimum atomic E-state index is 0.423. The third-order valence-corrected chi connectivity index (χ3v) is 5.30. The number of amides is 1. The van der Waals surface area contributed by atoms with Crippen molar-refractivity contribution < 1.29 is 4.79 Å². The predicted octanol–water partition coefficient (Wildman–Crippen LogP) is 4.02. The molecule has 0 bridgehead atoms. The van der Waals surface area contributed by atoms with Gasteiger partial charge in [-0.1, -0.05) is 54.7 Å². The average Bonchev–Trinajstić information content (AvgIpc) is 2.39. The highest BCUT2D eigenvalue weighted by molar-refractivity contribution is 14.1. The zero-order valence-electron chi connectivity index (χ0n) is 11.4. The van der Waals surface area contributed by atoms with E-state index in [1.807, 2.05) is 0 Å². The molecule has 0 aromatic rings. The molecular formula is C15H26INO. The van der Waals surface area contributed by atoms with Crippen molar-refractivity contribution in [3.8, 4) is 0 Å². The molecule has 18 heavy (non-hydrogen) atoms. The van der Waals surface area contributed by atoms with Gasteiger partial charge < -0.3 is 4.90 Å². The van der Waals surface area contributed by atoms with E-state index in [9.17, 15) is 4.79 Å². The predicted molar refractivity (Wildman–Crippen MR) is 84.0 cm³/mol. The van der Waals surface area contributed by atoms with Crippen molar-refractivity contribution in [3.05, 3.63) is 0 Å². The van der Waals surface area contributed by atoms with E-state index < -0.39 is 0 Å². The number of alkyl halides is 1. The molecule has 2 aliphatic rings. The third-order valence-electron chi connectivity index (χ3n) is 4.67. The van der Waals surface area contributed by atoms with Gasteiger partial charge >= 0.3 is 0 Å². The molecule has 1 aliphatic carbocycles.